The molecule has 1 amide bonds. The monoisotopic (exact) mass is 427 g/mol. The van der Waals surface area contributed by atoms with Gasteiger partial charge in [-0.3, -0.25) is 14.4 Å². The van der Waals surface area contributed by atoms with Crippen LogP contribution >= 0.6 is 22.7 Å². The lowest BCUT2D eigenvalue weighted by Gasteiger charge is -2.18. The highest BCUT2D eigenvalue weighted by Gasteiger charge is 2.19. The van der Waals surface area contributed by atoms with Gasteiger partial charge in [-0.15, -0.1) is 22.7 Å². The number of hydrogen-bond acceptors (Lipinski definition) is 6. The maximum absolute atomic E-state index is 12.3. The maximum Gasteiger partial charge on any atom is 0.306 e. The Labute approximate surface area is 177 Å². The standard InChI is InChI=1S/C22H21NO4S2/c1-15-9-11-18(29-15)17(24)10-12-21(26)27-14-20(25)23-22(19-8-5-13-28-19)16-6-3-2-4-7-16/h2-9,11,13,22H,10,12,14H2,1H3,(H,23,25). The van der Waals surface area contributed by atoms with Gasteiger partial charge in [0.1, 0.15) is 0 Å². The van der Waals surface area contributed by atoms with Gasteiger partial charge in [0.15, 0.2) is 12.4 Å². The van der Waals surface area contributed by atoms with Gasteiger partial charge < -0.3 is 10.1 Å². The van der Waals surface area contributed by atoms with Crippen molar-refractivity contribution < 1.29 is 19.1 Å². The highest BCUT2D eigenvalue weighted by atomic mass is 32.1. The summed E-state index contributed by atoms with van der Waals surface area (Å²) in [6, 6.07) is 16.8. The van der Waals surface area contributed by atoms with Gasteiger partial charge in [-0.2, -0.15) is 0 Å². The van der Waals surface area contributed by atoms with Crippen LogP contribution in [-0.4, -0.2) is 24.3 Å². The van der Waals surface area contributed by atoms with Gasteiger partial charge in [0.05, 0.1) is 17.3 Å². The number of carbonyl (C=O) groups excluding carboxylic acids is 3. The second kappa shape index (κ2) is 10.1. The molecule has 0 fully saturated rings. The third kappa shape index (κ3) is 6.10. The van der Waals surface area contributed by atoms with Crippen molar-refractivity contribution in [3.63, 3.8) is 0 Å². The van der Waals surface area contributed by atoms with Gasteiger partial charge in [-0.1, -0.05) is 36.4 Å². The molecule has 3 aromatic rings. The molecule has 29 heavy (non-hydrogen) atoms. The third-order valence-corrected chi connectivity index (χ3v) is 6.18. The van der Waals surface area contributed by atoms with Crippen molar-refractivity contribution in [1.82, 2.24) is 5.32 Å². The lowest BCUT2D eigenvalue weighted by Crippen LogP contribution is -2.32. The Morgan fingerprint density at radius 2 is 1.79 bits per heavy atom. The largest absolute Gasteiger partial charge is 0.456 e. The number of esters is 1. The Bertz CT molecular complexity index is 964. The predicted molar refractivity (Wildman–Crippen MR) is 114 cm³/mol. The van der Waals surface area contributed by atoms with Crippen LogP contribution in [0.25, 0.3) is 0 Å². The van der Waals surface area contributed by atoms with Gasteiger partial charge >= 0.3 is 5.97 Å². The summed E-state index contributed by atoms with van der Waals surface area (Å²) in [4.78, 5) is 39.0. The molecule has 1 N–H and O–H groups in total. The SMILES string of the molecule is Cc1ccc(C(=O)CCC(=O)OCC(=O)NC(c2ccccc2)c2cccs2)s1. The molecule has 0 spiro atoms. The Balaban J connectivity index is 1.49. The van der Waals surface area contributed by atoms with Crippen LogP contribution in [0.3, 0.4) is 0 Å². The van der Waals surface area contributed by atoms with Gasteiger partial charge in [0.25, 0.3) is 5.91 Å². The second-order valence-electron chi connectivity index (χ2n) is 6.42. The van der Waals surface area contributed by atoms with Crippen molar-refractivity contribution in [2.24, 2.45) is 0 Å². The number of amides is 1. The number of carbonyl (C=O) groups is 3. The summed E-state index contributed by atoms with van der Waals surface area (Å²) in [5.41, 5.74) is 0.950. The van der Waals surface area contributed by atoms with E-state index in [1.165, 1.54) is 11.3 Å². The first-order valence-corrected chi connectivity index (χ1v) is 10.9. The Morgan fingerprint density at radius 3 is 2.45 bits per heavy atom. The van der Waals surface area contributed by atoms with Crippen LogP contribution in [0.15, 0.2) is 60.0 Å². The Kier molecular flexibility index (Phi) is 7.32. The topological polar surface area (TPSA) is 72.5 Å². The Hall–Kier alpha value is -2.77. The molecule has 0 saturated carbocycles. The summed E-state index contributed by atoms with van der Waals surface area (Å²) in [5, 5.41) is 4.86. The highest BCUT2D eigenvalue weighted by molar-refractivity contribution is 7.14. The summed E-state index contributed by atoms with van der Waals surface area (Å²) in [5.74, 6) is -1.04. The second-order valence-corrected chi connectivity index (χ2v) is 8.69. The molecule has 1 atom stereocenters. The first-order valence-electron chi connectivity index (χ1n) is 9.16. The van der Waals surface area contributed by atoms with Crippen LogP contribution in [0, 0.1) is 6.92 Å². The predicted octanol–water partition coefficient (Wildman–Crippen LogP) is 4.53. The van der Waals surface area contributed by atoms with Crippen molar-refractivity contribution in [3.05, 3.63) is 80.2 Å². The average molecular weight is 428 g/mol. The molecule has 3 rings (SSSR count). The van der Waals surface area contributed by atoms with Crippen LogP contribution in [-0.2, 0) is 14.3 Å². The zero-order valence-electron chi connectivity index (χ0n) is 15.9. The van der Waals surface area contributed by atoms with E-state index in [0.717, 1.165) is 15.3 Å². The number of hydrogen-bond donors (Lipinski definition) is 1. The fraction of sp³-hybridized carbons (Fsp3) is 0.227. The molecule has 0 aliphatic carbocycles. The van der Waals surface area contributed by atoms with E-state index in [9.17, 15) is 14.4 Å². The first-order chi connectivity index (χ1) is 14.0. The Morgan fingerprint density at radius 1 is 1.00 bits per heavy atom. The molecule has 2 heterocycles. The van der Waals surface area contributed by atoms with Gasteiger partial charge in [-0.25, -0.2) is 0 Å². The molecule has 0 saturated heterocycles. The van der Waals surface area contributed by atoms with Crippen molar-refractivity contribution in [1.29, 1.82) is 0 Å². The molecule has 1 aromatic carbocycles. The maximum atomic E-state index is 12.3. The summed E-state index contributed by atoms with van der Waals surface area (Å²) in [6.45, 7) is 1.55. The molecule has 0 aliphatic heterocycles. The summed E-state index contributed by atoms with van der Waals surface area (Å²) in [6.07, 6.45) is 0.0261. The minimum absolute atomic E-state index is 0.0455. The van der Waals surface area contributed by atoms with Crippen molar-refractivity contribution in [3.8, 4) is 0 Å². The van der Waals surface area contributed by atoms with Crippen molar-refractivity contribution in [2.75, 3.05) is 6.61 Å². The number of ketones is 1. The van der Waals surface area contributed by atoms with E-state index in [2.05, 4.69) is 5.32 Å². The normalized spacial score (nSPS) is 11.6. The number of rotatable bonds is 9. The smallest absolute Gasteiger partial charge is 0.306 e. The first kappa shape index (κ1) is 21.0. The van der Waals surface area contributed by atoms with E-state index >= 15 is 0 Å². The zero-order valence-corrected chi connectivity index (χ0v) is 17.6. The quantitative estimate of drug-likeness (QED) is 0.402. The third-order valence-electron chi connectivity index (χ3n) is 4.20. The number of ether oxygens (including phenoxy) is 1. The zero-order chi connectivity index (χ0) is 20.6. The lowest BCUT2D eigenvalue weighted by atomic mass is 10.1. The van der Waals surface area contributed by atoms with Gasteiger partial charge in [0, 0.05) is 16.2 Å². The molecular formula is C22H21NO4S2. The molecule has 7 heteroatoms. The van der Waals surface area contributed by atoms with Crippen molar-refractivity contribution in [2.45, 2.75) is 25.8 Å². The summed E-state index contributed by atoms with van der Waals surface area (Å²) < 4.78 is 5.05. The molecule has 1 unspecified atom stereocenters. The number of thiophene rings is 2. The van der Waals surface area contributed by atoms with Crippen LogP contribution < -0.4 is 5.32 Å². The fourth-order valence-electron chi connectivity index (χ4n) is 2.76. The number of aryl methyl sites for hydroxylation is 1. The molecule has 0 bridgehead atoms. The van der Waals surface area contributed by atoms with E-state index in [1.807, 2.05) is 60.8 Å². The fourth-order valence-corrected chi connectivity index (χ4v) is 4.40. The van der Waals surface area contributed by atoms with Gasteiger partial charge in [0.2, 0.25) is 0 Å². The molecule has 5 nitrogen and oxygen atoms in total. The molecule has 0 radical (unpaired) electrons. The number of Topliss-reactive ketones (excluding diaryl/α,β-unsaturated/α-hetero) is 1. The average Bonchev–Trinajstić information content (AvgIpc) is 3.41. The van der Waals surface area contributed by atoms with E-state index < -0.39 is 5.97 Å². The van der Waals surface area contributed by atoms with E-state index in [0.29, 0.717) is 4.88 Å². The molecule has 150 valence electrons. The van der Waals surface area contributed by atoms with Crippen LogP contribution in [0.1, 0.15) is 43.9 Å². The van der Waals surface area contributed by atoms with Crippen LogP contribution in [0.2, 0.25) is 0 Å². The van der Waals surface area contributed by atoms with E-state index in [4.69, 9.17) is 4.74 Å². The lowest BCUT2D eigenvalue weighted by molar-refractivity contribution is -0.148. The van der Waals surface area contributed by atoms with E-state index in [1.54, 1.807) is 17.4 Å². The van der Waals surface area contributed by atoms with Crippen LogP contribution in [0.5, 0.6) is 0 Å². The molecular weight excluding hydrogens is 406 g/mol. The summed E-state index contributed by atoms with van der Waals surface area (Å²) >= 11 is 2.95. The number of benzene rings is 1. The minimum Gasteiger partial charge on any atom is -0.456 e. The summed E-state index contributed by atoms with van der Waals surface area (Å²) in [7, 11) is 0. The molecule has 0 aliphatic rings. The number of nitrogens with one attached hydrogen (secondary N) is 1. The molecule has 2 aromatic heterocycles. The highest BCUT2D eigenvalue weighted by Crippen LogP contribution is 2.25. The van der Waals surface area contributed by atoms with Crippen LogP contribution in [0.4, 0.5) is 0 Å². The minimum atomic E-state index is -0.561. The van der Waals surface area contributed by atoms with Crippen molar-refractivity contribution >= 4 is 40.3 Å². The van der Waals surface area contributed by atoms with E-state index in [-0.39, 0.29) is 37.2 Å². The van der Waals surface area contributed by atoms with Gasteiger partial charge in [-0.05, 0) is 36.1 Å².